The van der Waals surface area contributed by atoms with Gasteiger partial charge in [0, 0.05) is 18.5 Å². The van der Waals surface area contributed by atoms with Crippen molar-refractivity contribution in [1.29, 1.82) is 0 Å². The summed E-state index contributed by atoms with van der Waals surface area (Å²) < 4.78 is 1.87. The molecule has 21 heavy (non-hydrogen) atoms. The third-order valence-electron chi connectivity index (χ3n) is 4.57. The first kappa shape index (κ1) is 16.5. The van der Waals surface area contributed by atoms with E-state index >= 15 is 0 Å². The summed E-state index contributed by atoms with van der Waals surface area (Å²) in [6.45, 7) is 8.64. The number of rotatable bonds is 6. The Bertz CT molecular complexity index is 498. The smallest absolute Gasteiger partial charge is 0.146 e. The van der Waals surface area contributed by atoms with Gasteiger partial charge in [-0.3, -0.25) is 9.48 Å². The topological polar surface area (TPSA) is 46.9 Å². The standard InChI is InChI=1S/C16H26ClN3O/c1-4-7-16(8-6-9-18-11-16)14(21)10-13-15(17)12(3)19-20(13)5-2/h18H,4-11H2,1-3H3. The van der Waals surface area contributed by atoms with Gasteiger partial charge in [0.05, 0.1) is 22.8 Å². The Morgan fingerprint density at radius 3 is 2.81 bits per heavy atom. The number of aromatic nitrogens is 2. The lowest BCUT2D eigenvalue weighted by atomic mass is 9.72. The number of hydrogen-bond donors (Lipinski definition) is 1. The molecule has 1 fully saturated rings. The molecule has 0 amide bonds. The third kappa shape index (κ3) is 3.32. The van der Waals surface area contributed by atoms with Crippen molar-refractivity contribution in [3.8, 4) is 0 Å². The Kier molecular flexibility index (Phi) is 5.44. The third-order valence-corrected chi connectivity index (χ3v) is 5.06. The van der Waals surface area contributed by atoms with Crippen LogP contribution in [-0.4, -0.2) is 28.7 Å². The Balaban J connectivity index is 2.23. The Labute approximate surface area is 132 Å². The van der Waals surface area contributed by atoms with Gasteiger partial charge >= 0.3 is 0 Å². The molecule has 1 aromatic heterocycles. The highest BCUT2D eigenvalue weighted by Gasteiger charge is 2.38. The Hall–Kier alpha value is -0.870. The highest BCUT2D eigenvalue weighted by molar-refractivity contribution is 6.32. The molecule has 2 heterocycles. The number of Topliss-reactive ketones (excluding diaryl/α,β-unsaturated/α-hetero) is 1. The predicted molar refractivity (Wildman–Crippen MR) is 85.8 cm³/mol. The van der Waals surface area contributed by atoms with E-state index in [1.807, 2.05) is 18.5 Å². The van der Waals surface area contributed by atoms with E-state index in [9.17, 15) is 4.79 Å². The maximum absolute atomic E-state index is 13.0. The Morgan fingerprint density at radius 1 is 1.48 bits per heavy atom. The van der Waals surface area contributed by atoms with Crippen molar-refractivity contribution in [2.75, 3.05) is 13.1 Å². The van der Waals surface area contributed by atoms with Gasteiger partial charge < -0.3 is 5.32 Å². The predicted octanol–water partition coefficient (Wildman–Crippen LogP) is 3.15. The molecule has 1 aliphatic heterocycles. The lowest BCUT2D eigenvalue weighted by Gasteiger charge is -2.36. The van der Waals surface area contributed by atoms with Gasteiger partial charge in [0.25, 0.3) is 0 Å². The SMILES string of the molecule is CCCC1(C(=O)Cc2c(Cl)c(C)nn2CC)CCCNC1. The van der Waals surface area contributed by atoms with Gasteiger partial charge in [0.1, 0.15) is 5.78 Å². The van der Waals surface area contributed by atoms with Gasteiger partial charge in [-0.25, -0.2) is 0 Å². The zero-order chi connectivity index (χ0) is 15.5. The summed E-state index contributed by atoms with van der Waals surface area (Å²) in [5.74, 6) is 0.313. The Morgan fingerprint density at radius 2 is 2.24 bits per heavy atom. The van der Waals surface area contributed by atoms with Crippen molar-refractivity contribution in [2.24, 2.45) is 5.41 Å². The molecule has 1 atom stereocenters. The second-order valence-electron chi connectivity index (χ2n) is 6.07. The maximum Gasteiger partial charge on any atom is 0.146 e. The van der Waals surface area contributed by atoms with Crippen molar-refractivity contribution in [1.82, 2.24) is 15.1 Å². The molecular weight excluding hydrogens is 286 g/mol. The molecule has 118 valence electrons. The number of ketones is 1. The van der Waals surface area contributed by atoms with E-state index in [4.69, 9.17) is 11.6 Å². The normalized spacial score (nSPS) is 22.5. The molecule has 2 rings (SSSR count). The largest absolute Gasteiger partial charge is 0.316 e. The van der Waals surface area contributed by atoms with Crippen LogP contribution in [0.2, 0.25) is 5.02 Å². The van der Waals surface area contributed by atoms with Crippen LogP contribution in [0.1, 0.15) is 50.9 Å². The minimum Gasteiger partial charge on any atom is -0.316 e. The van der Waals surface area contributed by atoms with Gasteiger partial charge in [-0.15, -0.1) is 0 Å². The van der Waals surface area contributed by atoms with Crippen LogP contribution in [0.25, 0.3) is 0 Å². The number of hydrogen-bond acceptors (Lipinski definition) is 3. The van der Waals surface area contributed by atoms with E-state index in [1.165, 1.54) is 0 Å². The molecule has 0 radical (unpaired) electrons. The molecular formula is C16H26ClN3O. The average Bonchev–Trinajstić information content (AvgIpc) is 2.76. The summed E-state index contributed by atoms with van der Waals surface area (Å²) in [5.41, 5.74) is 1.47. The number of aryl methyl sites for hydroxylation is 2. The van der Waals surface area contributed by atoms with Gasteiger partial charge in [0.2, 0.25) is 0 Å². The van der Waals surface area contributed by atoms with Crippen LogP contribution in [0.4, 0.5) is 0 Å². The lowest BCUT2D eigenvalue weighted by Crippen LogP contribution is -2.46. The summed E-state index contributed by atoms with van der Waals surface area (Å²) in [4.78, 5) is 13.0. The maximum atomic E-state index is 13.0. The first-order chi connectivity index (χ1) is 10.0. The number of nitrogens with zero attached hydrogens (tertiary/aromatic N) is 2. The molecule has 4 nitrogen and oxygen atoms in total. The number of carbonyl (C=O) groups excluding carboxylic acids is 1. The zero-order valence-corrected chi connectivity index (χ0v) is 14.1. The first-order valence-corrected chi connectivity index (χ1v) is 8.37. The van der Waals surface area contributed by atoms with E-state index in [1.54, 1.807) is 0 Å². The second kappa shape index (κ2) is 6.93. The molecule has 1 aliphatic rings. The van der Waals surface area contributed by atoms with Crippen molar-refractivity contribution >= 4 is 17.4 Å². The van der Waals surface area contributed by atoms with E-state index in [-0.39, 0.29) is 5.41 Å². The molecule has 0 saturated carbocycles. The minimum atomic E-state index is -0.215. The van der Waals surface area contributed by atoms with Crippen LogP contribution in [0.15, 0.2) is 0 Å². The van der Waals surface area contributed by atoms with Crippen LogP contribution < -0.4 is 5.32 Å². The van der Waals surface area contributed by atoms with Crippen LogP contribution in [-0.2, 0) is 17.8 Å². The fourth-order valence-corrected chi connectivity index (χ4v) is 3.62. The van der Waals surface area contributed by atoms with Gasteiger partial charge in [-0.1, -0.05) is 24.9 Å². The van der Waals surface area contributed by atoms with Crippen molar-refractivity contribution < 1.29 is 4.79 Å². The summed E-state index contributed by atoms with van der Waals surface area (Å²) in [7, 11) is 0. The zero-order valence-electron chi connectivity index (χ0n) is 13.3. The fraction of sp³-hybridized carbons (Fsp3) is 0.750. The number of halogens is 1. The molecule has 5 heteroatoms. The molecule has 0 spiro atoms. The first-order valence-electron chi connectivity index (χ1n) is 8.00. The van der Waals surface area contributed by atoms with Crippen molar-refractivity contribution in [2.45, 2.75) is 59.4 Å². The summed E-state index contributed by atoms with van der Waals surface area (Å²) in [6.07, 6.45) is 4.45. The van der Waals surface area contributed by atoms with Gasteiger partial charge in [0.15, 0.2) is 0 Å². The highest BCUT2D eigenvalue weighted by Crippen LogP contribution is 2.35. The van der Waals surface area contributed by atoms with Crippen LogP contribution in [0, 0.1) is 12.3 Å². The van der Waals surface area contributed by atoms with E-state index in [0.29, 0.717) is 17.2 Å². The lowest BCUT2D eigenvalue weighted by molar-refractivity contribution is -0.129. The van der Waals surface area contributed by atoms with Crippen LogP contribution in [0.5, 0.6) is 0 Å². The van der Waals surface area contributed by atoms with Crippen molar-refractivity contribution in [3.63, 3.8) is 0 Å². The molecule has 1 aromatic rings. The van der Waals surface area contributed by atoms with Crippen LogP contribution >= 0.6 is 11.6 Å². The molecule has 1 N–H and O–H groups in total. The van der Waals surface area contributed by atoms with Gasteiger partial charge in [-0.05, 0) is 39.7 Å². The van der Waals surface area contributed by atoms with Crippen molar-refractivity contribution in [3.05, 3.63) is 16.4 Å². The number of nitrogens with one attached hydrogen (secondary N) is 1. The van der Waals surface area contributed by atoms with E-state index in [0.717, 1.165) is 56.7 Å². The number of piperidine rings is 1. The summed E-state index contributed by atoms with van der Waals surface area (Å²) >= 11 is 6.35. The highest BCUT2D eigenvalue weighted by atomic mass is 35.5. The monoisotopic (exact) mass is 311 g/mol. The summed E-state index contributed by atoms with van der Waals surface area (Å²) in [6, 6.07) is 0. The van der Waals surface area contributed by atoms with E-state index < -0.39 is 0 Å². The molecule has 1 unspecified atom stereocenters. The molecule has 0 aliphatic carbocycles. The average molecular weight is 312 g/mol. The molecule has 0 bridgehead atoms. The minimum absolute atomic E-state index is 0.215. The quantitative estimate of drug-likeness (QED) is 0.878. The number of carbonyl (C=O) groups is 1. The van der Waals surface area contributed by atoms with Gasteiger partial charge in [-0.2, -0.15) is 5.10 Å². The molecule has 0 aromatic carbocycles. The fourth-order valence-electron chi connectivity index (χ4n) is 3.41. The second-order valence-corrected chi connectivity index (χ2v) is 6.45. The van der Waals surface area contributed by atoms with Crippen LogP contribution in [0.3, 0.4) is 0 Å². The molecule has 1 saturated heterocycles. The summed E-state index contributed by atoms with van der Waals surface area (Å²) in [5, 5.41) is 8.47. The van der Waals surface area contributed by atoms with E-state index in [2.05, 4.69) is 17.3 Å².